The van der Waals surface area contributed by atoms with Gasteiger partial charge in [-0.25, -0.2) is 19.2 Å². The molecule has 1 aliphatic rings. The number of hydrogen-bond acceptors (Lipinski definition) is 6. The number of carbonyl (C=O) groups is 1. The fourth-order valence-corrected chi connectivity index (χ4v) is 4.04. The molecule has 1 aliphatic heterocycles. The predicted octanol–water partition coefficient (Wildman–Crippen LogP) is 3.43. The number of halogens is 1. The van der Waals surface area contributed by atoms with Gasteiger partial charge < -0.3 is 25.5 Å². The van der Waals surface area contributed by atoms with Crippen LogP contribution >= 0.6 is 0 Å². The van der Waals surface area contributed by atoms with E-state index < -0.39 is 18.0 Å². The van der Waals surface area contributed by atoms with E-state index in [1.54, 1.807) is 18.2 Å². The summed E-state index contributed by atoms with van der Waals surface area (Å²) in [5, 5.41) is 32.4. The Kier molecular flexibility index (Phi) is 5.60. The number of aromatic hydroxyl groups is 1. The van der Waals surface area contributed by atoms with Crippen LogP contribution in [0, 0.1) is 5.82 Å². The van der Waals surface area contributed by atoms with Gasteiger partial charge >= 0.3 is 6.09 Å². The van der Waals surface area contributed by atoms with E-state index in [0.717, 1.165) is 0 Å². The summed E-state index contributed by atoms with van der Waals surface area (Å²) in [5.41, 5.74) is 1.00. The minimum absolute atomic E-state index is 0.0232. The number of nitrogens with zero attached hydrogens (tertiary/aromatic N) is 3. The van der Waals surface area contributed by atoms with Gasteiger partial charge in [-0.05, 0) is 44.0 Å². The molecule has 1 atom stereocenters. The molecule has 0 saturated carbocycles. The average Bonchev–Trinajstić information content (AvgIpc) is 2.73. The second kappa shape index (κ2) is 8.35. The number of aromatic nitrogens is 2. The average molecular weight is 426 g/mol. The second-order valence-corrected chi connectivity index (χ2v) is 7.63. The number of fused-ring (bicyclic) bond motifs is 1. The van der Waals surface area contributed by atoms with Crippen LogP contribution in [0.2, 0.25) is 0 Å². The molecular weight excluding hydrogens is 403 g/mol. The molecule has 0 bridgehead atoms. The van der Waals surface area contributed by atoms with Gasteiger partial charge in [0.1, 0.15) is 17.4 Å². The molecule has 1 aromatic heterocycles. The summed E-state index contributed by atoms with van der Waals surface area (Å²) in [6.07, 6.45) is -1.02. The number of amides is 1. The van der Waals surface area contributed by atoms with Crippen molar-refractivity contribution in [3.05, 3.63) is 47.8 Å². The Morgan fingerprint density at radius 3 is 2.55 bits per heavy atom. The second-order valence-electron chi connectivity index (χ2n) is 7.63. The first kappa shape index (κ1) is 20.8. The van der Waals surface area contributed by atoms with E-state index in [1.807, 2.05) is 4.90 Å². The molecule has 0 radical (unpaired) electrons. The standard InChI is InChI=1S/C22H23FN4O4/c1-12(28)18-15(23)6-7-16-19(18)21(27-10-8-13(9-11-27)24-22(30)31)26-20(25-16)14-4-2-3-5-17(14)29/h2-7,12-13,24,28-29H,8-11H2,1H3,(H,30,31). The predicted molar refractivity (Wildman–Crippen MR) is 114 cm³/mol. The SMILES string of the molecule is CC(O)c1c(F)ccc2nc(-c3ccccc3O)nc(N3CCC(NC(=O)O)CC3)c12. The van der Waals surface area contributed by atoms with Crippen molar-refractivity contribution in [2.24, 2.45) is 0 Å². The summed E-state index contributed by atoms with van der Waals surface area (Å²) in [7, 11) is 0. The van der Waals surface area contributed by atoms with Crippen molar-refractivity contribution < 1.29 is 24.5 Å². The third kappa shape index (κ3) is 4.09. The number of para-hydroxylation sites is 1. The molecule has 9 heteroatoms. The summed E-state index contributed by atoms with van der Waals surface area (Å²) >= 11 is 0. The number of carboxylic acid groups (broad SMARTS) is 1. The zero-order valence-electron chi connectivity index (χ0n) is 16.9. The van der Waals surface area contributed by atoms with Crippen molar-refractivity contribution >= 4 is 22.8 Å². The van der Waals surface area contributed by atoms with E-state index >= 15 is 0 Å². The molecule has 4 rings (SSSR count). The highest BCUT2D eigenvalue weighted by Gasteiger charge is 2.27. The Labute approximate surface area is 178 Å². The lowest BCUT2D eigenvalue weighted by atomic mass is 10.0. The lowest BCUT2D eigenvalue weighted by molar-refractivity contribution is 0.187. The van der Waals surface area contributed by atoms with E-state index in [-0.39, 0.29) is 23.2 Å². The number of anilines is 1. The van der Waals surface area contributed by atoms with E-state index in [2.05, 4.69) is 15.3 Å². The van der Waals surface area contributed by atoms with Gasteiger partial charge in [-0.15, -0.1) is 0 Å². The van der Waals surface area contributed by atoms with Gasteiger partial charge in [0, 0.05) is 24.7 Å². The van der Waals surface area contributed by atoms with Gasteiger partial charge in [0.15, 0.2) is 5.82 Å². The van der Waals surface area contributed by atoms with E-state index in [1.165, 1.54) is 25.1 Å². The van der Waals surface area contributed by atoms with Gasteiger partial charge in [-0.1, -0.05) is 12.1 Å². The molecular formula is C22H23FN4O4. The number of aliphatic hydroxyl groups is 1. The molecule has 162 valence electrons. The highest BCUT2D eigenvalue weighted by molar-refractivity contribution is 5.94. The number of hydrogen-bond donors (Lipinski definition) is 4. The van der Waals surface area contributed by atoms with Crippen molar-refractivity contribution in [3.8, 4) is 17.1 Å². The van der Waals surface area contributed by atoms with Crippen LogP contribution in [-0.4, -0.2) is 50.5 Å². The molecule has 1 saturated heterocycles. The fourth-order valence-electron chi connectivity index (χ4n) is 4.04. The van der Waals surface area contributed by atoms with Crippen LogP contribution in [0.1, 0.15) is 31.4 Å². The van der Waals surface area contributed by atoms with Gasteiger partial charge in [0.05, 0.1) is 22.6 Å². The molecule has 1 unspecified atom stereocenters. The van der Waals surface area contributed by atoms with Crippen LogP contribution in [0.25, 0.3) is 22.3 Å². The molecule has 3 aromatic rings. The van der Waals surface area contributed by atoms with Crippen molar-refractivity contribution in [2.45, 2.75) is 31.9 Å². The van der Waals surface area contributed by atoms with Gasteiger partial charge in [-0.3, -0.25) is 0 Å². The first-order valence-corrected chi connectivity index (χ1v) is 10.1. The zero-order chi connectivity index (χ0) is 22.1. The fraction of sp³-hybridized carbons (Fsp3) is 0.318. The van der Waals surface area contributed by atoms with Gasteiger partial charge in [0.25, 0.3) is 0 Å². The minimum Gasteiger partial charge on any atom is -0.507 e. The molecule has 0 spiro atoms. The van der Waals surface area contributed by atoms with Crippen LogP contribution in [0.3, 0.4) is 0 Å². The number of aliphatic hydroxyl groups excluding tert-OH is 1. The van der Waals surface area contributed by atoms with Crippen LogP contribution in [0.5, 0.6) is 5.75 Å². The number of phenolic OH excluding ortho intramolecular Hbond substituents is 1. The van der Waals surface area contributed by atoms with E-state index in [4.69, 9.17) is 5.11 Å². The van der Waals surface area contributed by atoms with Crippen LogP contribution < -0.4 is 10.2 Å². The Hall–Kier alpha value is -3.46. The maximum atomic E-state index is 14.7. The molecule has 31 heavy (non-hydrogen) atoms. The molecule has 1 fully saturated rings. The Morgan fingerprint density at radius 2 is 1.90 bits per heavy atom. The maximum absolute atomic E-state index is 14.7. The van der Waals surface area contributed by atoms with Gasteiger partial charge in [0.2, 0.25) is 0 Å². The number of nitrogens with one attached hydrogen (secondary N) is 1. The normalized spacial score (nSPS) is 15.8. The summed E-state index contributed by atoms with van der Waals surface area (Å²) in [4.78, 5) is 22.1. The lowest BCUT2D eigenvalue weighted by Crippen LogP contribution is -2.44. The quantitative estimate of drug-likeness (QED) is 0.505. The number of phenols is 1. The third-order valence-corrected chi connectivity index (χ3v) is 5.52. The topological polar surface area (TPSA) is 119 Å². The largest absolute Gasteiger partial charge is 0.507 e. The smallest absolute Gasteiger partial charge is 0.404 e. The van der Waals surface area contributed by atoms with Crippen molar-refractivity contribution in [2.75, 3.05) is 18.0 Å². The number of rotatable bonds is 4. The molecule has 2 aromatic carbocycles. The molecule has 2 heterocycles. The highest BCUT2D eigenvalue weighted by Crippen LogP contribution is 2.37. The summed E-state index contributed by atoms with van der Waals surface area (Å²) < 4.78 is 14.7. The zero-order valence-corrected chi connectivity index (χ0v) is 16.9. The molecule has 4 N–H and O–H groups in total. The Morgan fingerprint density at radius 1 is 1.19 bits per heavy atom. The summed E-state index contributed by atoms with van der Waals surface area (Å²) in [5.74, 6) is 0.210. The Bertz CT molecular complexity index is 1130. The molecule has 1 amide bonds. The Balaban J connectivity index is 1.86. The van der Waals surface area contributed by atoms with Crippen LogP contribution in [0.15, 0.2) is 36.4 Å². The van der Waals surface area contributed by atoms with E-state index in [9.17, 15) is 19.4 Å². The maximum Gasteiger partial charge on any atom is 0.404 e. The van der Waals surface area contributed by atoms with Gasteiger partial charge in [-0.2, -0.15) is 0 Å². The molecule has 8 nitrogen and oxygen atoms in total. The lowest BCUT2D eigenvalue weighted by Gasteiger charge is -2.33. The highest BCUT2D eigenvalue weighted by atomic mass is 19.1. The van der Waals surface area contributed by atoms with Crippen LogP contribution in [-0.2, 0) is 0 Å². The van der Waals surface area contributed by atoms with Crippen molar-refractivity contribution in [3.63, 3.8) is 0 Å². The number of piperidine rings is 1. The number of benzene rings is 2. The summed E-state index contributed by atoms with van der Waals surface area (Å²) in [6, 6.07) is 9.31. The monoisotopic (exact) mass is 426 g/mol. The first-order chi connectivity index (χ1) is 14.8. The molecule has 0 aliphatic carbocycles. The first-order valence-electron chi connectivity index (χ1n) is 10.1. The van der Waals surface area contributed by atoms with Crippen molar-refractivity contribution in [1.82, 2.24) is 15.3 Å². The third-order valence-electron chi connectivity index (χ3n) is 5.52. The summed E-state index contributed by atoms with van der Waals surface area (Å²) in [6.45, 7) is 2.47. The van der Waals surface area contributed by atoms with Crippen LogP contribution in [0.4, 0.5) is 15.0 Å². The van der Waals surface area contributed by atoms with E-state index in [0.29, 0.717) is 48.2 Å². The van der Waals surface area contributed by atoms with Crippen molar-refractivity contribution in [1.29, 1.82) is 0 Å². The minimum atomic E-state index is -1.08.